The van der Waals surface area contributed by atoms with E-state index < -0.39 is 11.8 Å². The molecule has 2 amide bonds. The second-order valence-electron chi connectivity index (χ2n) is 5.93. The van der Waals surface area contributed by atoms with Gasteiger partial charge in [-0.2, -0.15) is 10.2 Å². The van der Waals surface area contributed by atoms with Crippen molar-refractivity contribution >= 4 is 24.2 Å². The zero-order valence-corrected chi connectivity index (χ0v) is 15.2. The van der Waals surface area contributed by atoms with Gasteiger partial charge in [0, 0.05) is 36.1 Å². The minimum atomic E-state index is -0.412. The molecule has 2 aromatic carbocycles. The number of hydrogen-bond acceptors (Lipinski definition) is 8. The summed E-state index contributed by atoms with van der Waals surface area (Å²) in [5.41, 5.74) is 5.18. The first-order valence-corrected chi connectivity index (χ1v) is 8.53. The SMILES string of the molecule is O=C(CCCC(=O)N/N=C/c1ccc(O)cc1O)N/N=C\c1ccc(O)cc1O. The van der Waals surface area contributed by atoms with Crippen LogP contribution >= 0.6 is 0 Å². The molecule has 152 valence electrons. The highest BCUT2D eigenvalue weighted by molar-refractivity contribution is 5.86. The normalized spacial score (nSPS) is 11.0. The number of phenolic OH excluding ortho intramolecular Hbond substituents is 4. The Morgan fingerprint density at radius 3 is 1.55 bits per heavy atom. The van der Waals surface area contributed by atoms with Crippen LogP contribution in [0.15, 0.2) is 46.6 Å². The van der Waals surface area contributed by atoms with E-state index in [0.717, 1.165) is 12.1 Å². The number of amides is 2. The molecule has 0 aliphatic rings. The number of hydrazone groups is 2. The molecule has 0 bridgehead atoms. The molecule has 6 N–H and O–H groups in total. The van der Waals surface area contributed by atoms with Crippen LogP contribution in [0.1, 0.15) is 30.4 Å². The molecule has 0 aliphatic heterocycles. The first-order chi connectivity index (χ1) is 13.8. The van der Waals surface area contributed by atoms with Crippen molar-refractivity contribution in [3.63, 3.8) is 0 Å². The number of phenols is 4. The Bertz CT molecular complexity index is 867. The fraction of sp³-hybridized carbons (Fsp3) is 0.158. The highest BCUT2D eigenvalue weighted by atomic mass is 16.3. The summed E-state index contributed by atoms with van der Waals surface area (Å²) < 4.78 is 0. The van der Waals surface area contributed by atoms with Gasteiger partial charge in [0.25, 0.3) is 0 Å². The van der Waals surface area contributed by atoms with E-state index in [1.54, 1.807) is 0 Å². The Balaban J connectivity index is 1.68. The number of nitrogens with zero attached hydrogens (tertiary/aromatic N) is 2. The van der Waals surface area contributed by atoms with Crippen LogP contribution in [0.2, 0.25) is 0 Å². The van der Waals surface area contributed by atoms with Gasteiger partial charge in [0.05, 0.1) is 12.4 Å². The quantitative estimate of drug-likeness (QED) is 0.289. The predicted molar refractivity (Wildman–Crippen MR) is 105 cm³/mol. The Kier molecular flexibility index (Phi) is 7.54. The summed E-state index contributed by atoms with van der Waals surface area (Å²) in [5.74, 6) is -1.37. The zero-order valence-electron chi connectivity index (χ0n) is 15.2. The van der Waals surface area contributed by atoms with Crippen LogP contribution in [0.5, 0.6) is 23.0 Å². The average Bonchev–Trinajstić information content (AvgIpc) is 2.65. The summed E-state index contributed by atoms with van der Waals surface area (Å²) in [7, 11) is 0. The van der Waals surface area contributed by atoms with Gasteiger partial charge in [0.2, 0.25) is 11.8 Å². The van der Waals surface area contributed by atoms with Gasteiger partial charge in [-0.25, -0.2) is 10.9 Å². The van der Waals surface area contributed by atoms with Crippen LogP contribution in [-0.2, 0) is 9.59 Å². The molecule has 10 heteroatoms. The molecule has 0 aliphatic carbocycles. The number of rotatable bonds is 8. The fourth-order valence-electron chi connectivity index (χ4n) is 2.15. The Morgan fingerprint density at radius 1 is 0.759 bits per heavy atom. The standard InChI is InChI=1S/C19H20N4O6/c24-14-6-4-12(16(26)8-14)10-20-22-18(28)2-1-3-19(29)23-21-11-13-5-7-15(25)9-17(13)27/h4-11,24-27H,1-3H2,(H,22,28)(H,23,29)/b20-10-,21-11+. The number of nitrogens with one attached hydrogen (secondary N) is 2. The fourth-order valence-corrected chi connectivity index (χ4v) is 2.15. The third-order valence-corrected chi connectivity index (χ3v) is 3.62. The third-order valence-electron chi connectivity index (χ3n) is 3.62. The van der Waals surface area contributed by atoms with Gasteiger partial charge >= 0.3 is 0 Å². The summed E-state index contributed by atoms with van der Waals surface area (Å²) in [6, 6.07) is 7.90. The van der Waals surface area contributed by atoms with Gasteiger partial charge in [-0.15, -0.1) is 0 Å². The highest BCUT2D eigenvalue weighted by Gasteiger charge is 2.05. The Morgan fingerprint density at radius 2 is 1.17 bits per heavy atom. The van der Waals surface area contributed by atoms with Crippen molar-refractivity contribution in [1.29, 1.82) is 0 Å². The number of benzene rings is 2. The Hall–Kier alpha value is -4.08. The summed E-state index contributed by atoms with van der Waals surface area (Å²) >= 11 is 0. The molecule has 0 saturated carbocycles. The van der Waals surface area contributed by atoms with Crippen molar-refractivity contribution in [3.05, 3.63) is 47.5 Å². The van der Waals surface area contributed by atoms with Crippen LogP contribution in [0.25, 0.3) is 0 Å². The van der Waals surface area contributed by atoms with Gasteiger partial charge in [0.1, 0.15) is 23.0 Å². The largest absolute Gasteiger partial charge is 0.508 e. The summed E-state index contributed by atoms with van der Waals surface area (Å²) in [5, 5.41) is 44.9. The summed E-state index contributed by atoms with van der Waals surface area (Å²) in [6.45, 7) is 0. The molecule has 0 heterocycles. The summed E-state index contributed by atoms with van der Waals surface area (Å²) in [6.07, 6.45) is 2.82. The maximum atomic E-state index is 11.7. The van der Waals surface area contributed by atoms with E-state index in [2.05, 4.69) is 21.1 Å². The topological polar surface area (TPSA) is 164 Å². The van der Waals surface area contributed by atoms with Gasteiger partial charge < -0.3 is 20.4 Å². The second kappa shape index (κ2) is 10.3. The number of aromatic hydroxyl groups is 4. The minimum absolute atomic E-state index is 0.0504. The monoisotopic (exact) mass is 400 g/mol. The first-order valence-electron chi connectivity index (χ1n) is 8.53. The number of carbonyl (C=O) groups excluding carboxylic acids is 2. The van der Waals surface area contributed by atoms with E-state index in [0.29, 0.717) is 11.1 Å². The van der Waals surface area contributed by atoms with Crippen LogP contribution in [0.3, 0.4) is 0 Å². The maximum absolute atomic E-state index is 11.7. The van der Waals surface area contributed by atoms with Gasteiger partial charge in [-0.05, 0) is 30.7 Å². The lowest BCUT2D eigenvalue weighted by molar-refractivity contribution is -0.122. The van der Waals surface area contributed by atoms with Crippen molar-refractivity contribution < 1.29 is 30.0 Å². The molecule has 0 fully saturated rings. The maximum Gasteiger partial charge on any atom is 0.240 e. The van der Waals surface area contributed by atoms with E-state index in [1.165, 1.54) is 36.7 Å². The zero-order chi connectivity index (χ0) is 21.2. The molecule has 29 heavy (non-hydrogen) atoms. The van der Waals surface area contributed by atoms with Crippen LogP contribution in [0.4, 0.5) is 0 Å². The lowest BCUT2D eigenvalue weighted by Crippen LogP contribution is -2.20. The molecule has 0 spiro atoms. The van der Waals surface area contributed by atoms with E-state index >= 15 is 0 Å². The molecule has 0 radical (unpaired) electrons. The van der Waals surface area contributed by atoms with Crippen molar-refractivity contribution in [1.82, 2.24) is 10.9 Å². The van der Waals surface area contributed by atoms with E-state index in [-0.39, 0.29) is 42.3 Å². The van der Waals surface area contributed by atoms with E-state index in [9.17, 15) is 30.0 Å². The Labute approximate surface area is 165 Å². The molecule has 10 nitrogen and oxygen atoms in total. The van der Waals surface area contributed by atoms with E-state index in [1.807, 2.05) is 0 Å². The summed E-state index contributed by atoms with van der Waals surface area (Å²) in [4.78, 5) is 23.4. The molecular weight excluding hydrogens is 380 g/mol. The van der Waals surface area contributed by atoms with Gasteiger partial charge in [0.15, 0.2) is 0 Å². The molecule has 2 rings (SSSR count). The lowest BCUT2D eigenvalue weighted by atomic mass is 10.2. The van der Waals surface area contributed by atoms with E-state index in [4.69, 9.17) is 0 Å². The average molecular weight is 400 g/mol. The van der Waals surface area contributed by atoms with Crippen molar-refractivity contribution in [2.45, 2.75) is 19.3 Å². The number of hydrogen-bond donors (Lipinski definition) is 6. The molecule has 0 aromatic heterocycles. The van der Waals surface area contributed by atoms with Crippen molar-refractivity contribution in [3.8, 4) is 23.0 Å². The molecule has 0 unspecified atom stereocenters. The van der Waals surface area contributed by atoms with Crippen molar-refractivity contribution in [2.24, 2.45) is 10.2 Å². The van der Waals surface area contributed by atoms with Crippen LogP contribution < -0.4 is 10.9 Å². The molecule has 0 saturated heterocycles. The predicted octanol–water partition coefficient (Wildman–Crippen LogP) is 1.28. The first kappa shape index (κ1) is 21.2. The highest BCUT2D eigenvalue weighted by Crippen LogP contribution is 2.21. The molecular formula is C19H20N4O6. The van der Waals surface area contributed by atoms with Crippen LogP contribution in [0, 0.1) is 0 Å². The van der Waals surface area contributed by atoms with Gasteiger partial charge in [-0.3, -0.25) is 9.59 Å². The van der Waals surface area contributed by atoms with Gasteiger partial charge in [-0.1, -0.05) is 0 Å². The number of carbonyl (C=O) groups is 2. The minimum Gasteiger partial charge on any atom is -0.508 e. The van der Waals surface area contributed by atoms with Crippen molar-refractivity contribution in [2.75, 3.05) is 0 Å². The van der Waals surface area contributed by atoms with Crippen LogP contribution in [-0.4, -0.2) is 44.7 Å². The lowest BCUT2D eigenvalue weighted by Gasteiger charge is -2.02. The smallest absolute Gasteiger partial charge is 0.240 e. The second-order valence-corrected chi connectivity index (χ2v) is 5.93. The molecule has 2 aromatic rings. The third kappa shape index (κ3) is 7.21. The molecule has 0 atom stereocenters.